The molecule has 31 heavy (non-hydrogen) atoms. The van der Waals surface area contributed by atoms with Crippen LogP contribution in [0.4, 0.5) is 0 Å². The minimum atomic E-state index is -3.68. The maximum Gasteiger partial charge on any atom is 0.237 e. The van der Waals surface area contributed by atoms with Crippen LogP contribution >= 0.6 is 0 Å². The van der Waals surface area contributed by atoms with Crippen molar-refractivity contribution >= 4 is 33.1 Å². The average Bonchev–Trinajstić information content (AvgIpc) is 3.23. The number of carbonyl (C=O) groups excluding carboxylic acids is 1. The van der Waals surface area contributed by atoms with Crippen LogP contribution in [0.25, 0.3) is 17.2 Å². The second-order valence-electron chi connectivity index (χ2n) is 7.69. The van der Waals surface area contributed by atoms with Crippen molar-refractivity contribution in [3.8, 4) is 0 Å². The summed E-state index contributed by atoms with van der Waals surface area (Å²) in [5, 5.41) is 1.13. The van der Waals surface area contributed by atoms with Crippen LogP contribution in [-0.4, -0.2) is 55.2 Å². The Morgan fingerprint density at radius 3 is 2.52 bits per heavy atom. The first-order valence-corrected chi connectivity index (χ1v) is 11.8. The molecule has 2 heterocycles. The minimum absolute atomic E-state index is 0.159. The average molecular weight is 440 g/mol. The highest BCUT2D eigenvalue weighted by molar-refractivity contribution is 7.92. The third-order valence-corrected chi connectivity index (χ3v) is 7.01. The number of oxazole rings is 1. The molecule has 1 aliphatic heterocycles. The number of hydrogen-bond donors (Lipinski definition) is 0. The molecular weight excluding hydrogens is 414 g/mol. The van der Waals surface area contributed by atoms with Crippen molar-refractivity contribution in [1.82, 2.24) is 14.2 Å². The Hall–Kier alpha value is -2.97. The highest BCUT2D eigenvalue weighted by Gasteiger charge is 2.28. The third-order valence-electron chi connectivity index (χ3n) is 5.53. The van der Waals surface area contributed by atoms with E-state index in [9.17, 15) is 13.2 Å². The molecule has 0 saturated carbocycles. The molecule has 0 radical (unpaired) electrons. The molecule has 1 aromatic heterocycles. The Labute approximate surface area is 182 Å². The van der Waals surface area contributed by atoms with E-state index in [1.807, 2.05) is 54.6 Å². The summed E-state index contributed by atoms with van der Waals surface area (Å²) in [4.78, 5) is 19.0. The summed E-state index contributed by atoms with van der Waals surface area (Å²) in [6, 6.07) is 16.8. The van der Waals surface area contributed by atoms with Crippen LogP contribution in [0.5, 0.6) is 0 Å². The Morgan fingerprint density at radius 2 is 1.81 bits per heavy atom. The van der Waals surface area contributed by atoms with Gasteiger partial charge in [-0.25, -0.2) is 13.4 Å². The van der Waals surface area contributed by atoms with Gasteiger partial charge in [-0.3, -0.25) is 4.79 Å². The summed E-state index contributed by atoms with van der Waals surface area (Å²) in [7, 11) is -2.26. The number of rotatable bonds is 6. The van der Waals surface area contributed by atoms with Gasteiger partial charge in [0.2, 0.25) is 15.9 Å². The molecule has 0 bridgehead atoms. The van der Waals surface area contributed by atoms with Crippen molar-refractivity contribution in [3.63, 3.8) is 0 Å². The normalized spacial score (nSPS) is 15.9. The quantitative estimate of drug-likeness (QED) is 0.587. The van der Waals surface area contributed by atoms with Crippen LogP contribution in [0.3, 0.4) is 0 Å². The molecule has 1 aliphatic rings. The van der Waals surface area contributed by atoms with Gasteiger partial charge >= 0.3 is 0 Å². The van der Waals surface area contributed by atoms with Gasteiger partial charge < -0.3 is 9.32 Å². The van der Waals surface area contributed by atoms with Gasteiger partial charge in [-0.05, 0) is 36.6 Å². The van der Waals surface area contributed by atoms with Crippen LogP contribution in [0.1, 0.15) is 30.2 Å². The standard InChI is InChI=1S/C23H25N3O4S/c1-25(31(28,29)16-13-18-7-3-2-4-8-18)17-22(27)26-14-11-19(12-15-26)23-24-20-9-5-6-10-21(20)30-23/h2-10,13,16,19H,11-12,14-15,17H2,1H3. The molecule has 0 spiro atoms. The van der Waals surface area contributed by atoms with Gasteiger partial charge in [-0.1, -0.05) is 42.5 Å². The number of nitrogens with zero attached hydrogens (tertiary/aromatic N) is 3. The summed E-state index contributed by atoms with van der Waals surface area (Å²) in [6.07, 6.45) is 3.01. The van der Waals surface area contributed by atoms with Crippen LogP contribution in [0.15, 0.2) is 64.4 Å². The summed E-state index contributed by atoms with van der Waals surface area (Å²) in [5.74, 6) is 0.668. The van der Waals surface area contributed by atoms with Crippen molar-refractivity contribution < 1.29 is 17.6 Å². The Bertz CT molecular complexity index is 1150. The molecule has 0 unspecified atom stereocenters. The topological polar surface area (TPSA) is 83.7 Å². The predicted octanol–water partition coefficient (Wildman–Crippen LogP) is 3.47. The molecule has 0 aliphatic carbocycles. The highest BCUT2D eigenvalue weighted by atomic mass is 32.2. The fourth-order valence-corrected chi connectivity index (χ4v) is 4.48. The predicted molar refractivity (Wildman–Crippen MR) is 120 cm³/mol. The molecule has 4 rings (SSSR count). The number of likely N-dealkylation sites (N-methyl/N-ethyl adjacent to an activating group) is 1. The Morgan fingerprint density at radius 1 is 1.13 bits per heavy atom. The van der Waals surface area contributed by atoms with Crippen LogP contribution < -0.4 is 0 Å². The molecule has 1 amide bonds. The third kappa shape index (κ3) is 5.03. The van der Waals surface area contributed by atoms with E-state index in [-0.39, 0.29) is 18.4 Å². The zero-order valence-electron chi connectivity index (χ0n) is 17.3. The summed E-state index contributed by atoms with van der Waals surface area (Å²) in [6.45, 7) is 0.918. The molecule has 1 saturated heterocycles. The fourth-order valence-electron chi connectivity index (χ4n) is 3.65. The van der Waals surface area contributed by atoms with Crippen LogP contribution in [0, 0.1) is 0 Å². The van der Waals surface area contributed by atoms with Gasteiger partial charge in [-0.15, -0.1) is 0 Å². The van der Waals surface area contributed by atoms with Crippen LogP contribution in [0.2, 0.25) is 0 Å². The van der Waals surface area contributed by atoms with Crippen molar-refractivity contribution in [2.45, 2.75) is 18.8 Å². The van der Waals surface area contributed by atoms with Crippen molar-refractivity contribution in [2.75, 3.05) is 26.7 Å². The number of piperidine rings is 1. The SMILES string of the molecule is CN(CC(=O)N1CCC(c2nc3ccccc3o2)CC1)S(=O)(=O)C=Cc1ccccc1. The summed E-state index contributed by atoms with van der Waals surface area (Å²) < 4.78 is 31.9. The lowest BCUT2D eigenvalue weighted by atomic mass is 9.97. The zero-order valence-corrected chi connectivity index (χ0v) is 18.2. The van der Waals surface area contributed by atoms with Gasteiger partial charge in [0.15, 0.2) is 11.5 Å². The van der Waals surface area contributed by atoms with E-state index in [4.69, 9.17) is 4.42 Å². The second-order valence-corrected chi connectivity index (χ2v) is 9.61. The molecular formula is C23H25N3O4S. The summed E-state index contributed by atoms with van der Waals surface area (Å²) in [5.41, 5.74) is 2.39. The lowest BCUT2D eigenvalue weighted by Crippen LogP contribution is -2.44. The van der Waals surface area contributed by atoms with Gasteiger partial charge in [0, 0.05) is 31.5 Å². The van der Waals surface area contributed by atoms with E-state index in [0.717, 1.165) is 39.2 Å². The number of amides is 1. The van der Waals surface area contributed by atoms with Crippen molar-refractivity contribution in [3.05, 3.63) is 71.5 Å². The first-order valence-electron chi connectivity index (χ1n) is 10.2. The molecule has 0 atom stereocenters. The van der Waals surface area contributed by atoms with E-state index in [1.54, 1.807) is 4.90 Å². The summed E-state index contributed by atoms with van der Waals surface area (Å²) >= 11 is 0. The number of sulfonamides is 1. The van der Waals surface area contributed by atoms with Gasteiger partial charge in [0.1, 0.15) is 5.52 Å². The number of aromatic nitrogens is 1. The lowest BCUT2D eigenvalue weighted by molar-refractivity contribution is -0.132. The highest BCUT2D eigenvalue weighted by Crippen LogP contribution is 2.30. The molecule has 0 N–H and O–H groups in total. The molecule has 2 aromatic carbocycles. The first-order chi connectivity index (χ1) is 14.9. The molecule has 162 valence electrons. The van der Waals surface area contributed by atoms with E-state index < -0.39 is 10.0 Å². The first kappa shape index (κ1) is 21.3. The van der Waals surface area contributed by atoms with E-state index in [2.05, 4.69) is 4.98 Å². The maximum absolute atomic E-state index is 12.7. The molecule has 7 nitrogen and oxygen atoms in total. The van der Waals surface area contributed by atoms with E-state index >= 15 is 0 Å². The maximum atomic E-state index is 12.7. The van der Waals surface area contributed by atoms with Gasteiger partial charge in [0.05, 0.1) is 6.54 Å². The van der Waals surface area contributed by atoms with E-state index in [1.165, 1.54) is 13.1 Å². The van der Waals surface area contributed by atoms with Crippen LogP contribution in [-0.2, 0) is 14.8 Å². The second kappa shape index (κ2) is 9.03. The van der Waals surface area contributed by atoms with Crippen molar-refractivity contribution in [1.29, 1.82) is 0 Å². The molecule has 1 fully saturated rings. The zero-order chi connectivity index (χ0) is 21.8. The molecule has 8 heteroatoms. The number of hydrogen-bond acceptors (Lipinski definition) is 5. The van der Waals surface area contributed by atoms with Crippen molar-refractivity contribution in [2.24, 2.45) is 0 Å². The number of fused-ring (bicyclic) bond motifs is 1. The van der Waals surface area contributed by atoms with Gasteiger partial charge in [-0.2, -0.15) is 4.31 Å². The number of carbonyl (C=O) groups is 1. The minimum Gasteiger partial charge on any atom is -0.440 e. The Balaban J connectivity index is 1.32. The monoisotopic (exact) mass is 439 g/mol. The largest absolute Gasteiger partial charge is 0.440 e. The Kier molecular flexibility index (Phi) is 6.20. The number of para-hydroxylation sites is 2. The van der Waals surface area contributed by atoms with E-state index in [0.29, 0.717) is 19.0 Å². The van der Waals surface area contributed by atoms with Gasteiger partial charge in [0.25, 0.3) is 0 Å². The number of benzene rings is 2. The lowest BCUT2D eigenvalue weighted by Gasteiger charge is -2.31. The fraction of sp³-hybridized carbons (Fsp3) is 0.304. The smallest absolute Gasteiger partial charge is 0.237 e. The number of likely N-dealkylation sites (tertiary alicyclic amines) is 1. The molecule has 3 aromatic rings.